The van der Waals surface area contributed by atoms with Gasteiger partial charge in [-0.25, -0.2) is 14.0 Å². The summed E-state index contributed by atoms with van der Waals surface area (Å²) in [6.45, 7) is 2.55. The highest BCUT2D eigenvalue weighted by atomic mass is 19.1. The summed E-state index contributed by atoms with van der Waals surface area (Å²) in [5.41, 5.74) is -0.910. The molecule has 1 saturated heterocycles. The average molecular weight is 430 g/mol. The number of likely N-dealkylation sites (N-methyl/N-ethyl adjacent to an activating group) is 2. The van der Waals surface area contributed by atoms with Gasteiger partial charge in [-0.2, -0.15) is 0 Å². The Morgan fingerprint density at radius 3 is 2.45 bits per heavy atom. The van der Waals surface area contributed by atoms with Gasteiger partial charge in [0.05, 0.1) is 12.6 Å². The quantitative estimate of drug-likeness (QED) is 0.660. The first-order chi connectivity index (χ1) is 14.7. The number of rotatable bonds is 9. The summed E-state index contributed by atoms with van der Waals surface area (Å²) in [4.78, 5) is 27.1. The molecule has 0 aromatic heterocycles. The minimum absolute atomic E-state index is 0.00781. The summed E-state index contributed by atoms with van der Waals surface area (Å²) in [6, 6.07) is 12.9. The highest BCUT2D eigenvalue weighted by Crippen LogP contribution is 2.26. The van der Waals surface area contributed by atoms with Gasteiger partial charge in [-0.3, -0.25) is 0 Å². The summed E-state index contributed by atoms with van der Waals surface area (Å²) in [6.07, 6.45) is 0.764. The second-order valence-corrected chi connectivity index (χ2v) is 7.95. The number of hydrogen-bond acceptors (Lipinski definition) is 4. The van der Waals surface area contributed by atoms with Crippen molar-refractivity contribution in [3.05, 3.63) is 59.9 Å². The zero-order valence-corrected chi connectivity index (χ0v) is 17.9. The van der Waals surface area contributed by atoms with Crippen molar-refractivity contribution in [1.29, 1.82) is 0 Å². The van der Waals surface area contributed by atoms with Crippen LogP contribution in [-0.2, 0) is 11.2 Å². The van der Waals surface area contributed by atoms with Crippen LogP contribution in [0.4, 0.5) is 9.18 Å². The lowest BCUT2D eigenvalue weighted by molar-refractivity contribution is -0.153. The molecule has 31 heavy (non-hydrogen) atoms. The number of hydrogen-bond donors (Lipinski definition) is 1. The lowest BCUT2D eigenvalue weighted by Crippen LogP contribution is -2.43. The summed E-state index contributed by atoms with van der Waals surface area (Å²) in [5.74, 6) is -1.25. The van der Waals surface area contributed by atoms with Crippen molar-refractivity contribution in [2.75, 3.05) is 27.2 Å². The summed E-state index contributed by atoms with van der Waals surface area (Å²) in [5, 5.41) is 9.68. The average Bonchev–Trinajstić information content (AvgIpc) is 2.98. The standard InChI is InChI=1S/C23H27FN2O5/c1-23(21(27)28,31-20-7-5-4-6-19(20)24)14-16-8-10-18(11-9-16)30-13-12-17-15-25(2)22(29)26(17)3/h4-11,17H,12-15H2,1-3H3,(H,27,28)/t17-,23-/m0/s1. The van der Waals surface area contributed by atoms with E-state index < -0.39 is 17.4 Å². The summed E-state index contributed by atoms with van der Waals surface area (Å²) in [7, 11) is 3.56. The van der Waals surface area contributed by atoms with Gasteiger partial charge >= 0.3 is 12.0 Å². The summed E-state index contributed by atoms with van der Waals surface area (Å²) >= 11 is 0. The van der Waals surface area contributed by atoms with Crippen LogP contribution in [0.2, 0.25) is 0 Å². The van der Waals surface area contributed by atoms with Crippen LogP contribution >= 0.6 is 0 Å². The Kier molecular flexibility index (Phi) is 6.68. The van der Waals surface area contributed by atoms with Crippen LogP contribution in [-0.4, -0.2) is 65.8 Å². The van der Waals surface area contributed by atoms with Crippen LogP contribution in [0.5, 0.6) is 11.5 Å². The number of ether oxygens (including phenoxy) is 2. The number of para-hydroxylation sites is 1. The Hall–Kier alpha value is -3.29. The van der Waals surface area contributed by atoms with E-state index in [0.29, 0.717) is 25.3 Å². The molecule has 0 spiro atoms. The van der Waals surface area contributed by atoms with E-state index in [-0.39, 0.29) is 24.2 Å². The minimum Gasteiger partial charge on any atom is -0.494 e. The zero-order valence-electron chi connectivity index (χ0n) is 17.9. The molecule has 0 unspecified atom stereocenters. The SMILES string of the molecule is CN1C[C@H](CCOc2ccc(C[C@](C)(Oc3ccccc3F)C(=O)O)cc2)N(C)C1=O. The van der Waals surface area contributed by atoms with E-state index in [2.05, 4.69) is 0 Å². The fourth-order valence-electron chi connectivity index (χ4n) is 3.56. The Bertz CT molecular complexity index is 936. The van der Waals surface area contributed by atoms with E-state index in [0.717, 1.165) is 5.56 Å². The number of nitrogens with zero attached hydrogens (tertiary/aromatic N) is 2. The monoisotopic (exact) mass is 430 g/mol. The van der Waals surface area contributed by atoms with Crippen molar-refractivity contribution in [3.63, 3.8) is 0 Å². The van der Waals surface area contributed by atoms with Crippen molar-refractivity contribution in [2.24, 2.45) is 0 Å². The van der Waals surface area contributed by atoms with Crippen molar-refractivity contribution in [1.82, 2.24) is 9.80 Å². The Morgan fingerprint density at radius 1 is 1.19 bits per heavy atom. The predicted octanol–water partition coefficient (Wildman–Crippen LogP) is 3.43. The normalized spacial score (nSPS) is 18.1. The van der Waals surface area contributed by atoms with Crippen LogP contribution < -0.4 is 9.47 Å². The molecule has 1 fully saturated rings. The van der Waals surface area contributed by atoms with Crippen LogP contribution in [0.3, 0.4) is 0 Å². The number of halogens is 1. The second kappa shape index (κ2) is 9.24. The van der Waals surface area contributed by atoms with E-state index in [1.807, 2.05) is 0 Å². The van der Waals surface area contributed by atoms with Gasteiger partial charge in [-0.15, -0.1) is 0 Å². The minimum atomic E-state index is -1.63. The van der Waals surface area contributed by atoms with Crippen LogP contribution in [0.25, 0.3) is 0 Å². The van der Waals surface area contributed by atoms with Crippen molar-refractivity contribution in [2.45, 2.75) is 31.4 Å². The molecule has 1 aliphatic rings. The third-order valence-electron chi connectivity index (χ3n) is 5.47. The Labute approximate surface area is 181 Å². The topological polar surface area (TPSA) is 79.3 Å². The number of amides is 2. The van der Waals surface area contributed by atoms with Gasteiger partial charge in [-0.05, 0) is 36.8 Å². The first-order valence-electron chi connectivity index (χ1n) is 10.1. The lowest BCUT2D eigenvalue weighted by Gasteiger charge is -2.26. The van der Waals surface area contributed by atoms with Gasteiger partial charge in [0, 0.05) is 33.5 Å². The molecule has 1 N–H and O–H groups in total. The Balaban J connectivity index is 1.58. The molecule has 7 nitrogen and oxygen atoms in total. The maximum atomic E-state index is 13.9. The molecular weight excluding hydrogens is 403 g/mol. The third-order valence-corrected chi connectivity index (χ3v) is 5.47. The van der Waals surface area contributed by atoms with Gasteiger partial charge in [0.15, 0.2) is 11.6 Å². The summed E-state index contributed by atoms with van der Waals surface area (Å²) < 4.78 is 25.2. The lowest BCUT2D eigenvalue weighted by atomic mass is 9.96. The Morgan fingerprint density at radius 2 is 1.87 bits per heavy atom. The number of carbonyl (C=O) groups is 2. The largest absolute Gasteiger partial charge is 0.494 e. The van der Waals surface area contributed by atoms with Gasteiger partial charge in [0.1, 0.15) is 5.75 Å². The number of carboxylic acids is 1. The molecule has 0 aliphatic carbocycles. The van der Waals surface area contributed by atoms with E-state index in [4.69, 9.17) is 9.47 Å². The van der Waals surface area contributed by atoms with Gasteiger partial charge < -0.3 is 24.4 Å². The number of carboxylic acid groups (broad SMARTS) is 1. The number of aliphatic carboxylic acids is 1. The van der Waals surface area contributed by atoms with Crippen LogP contribution in [0.1, 0.15) is 18.9 Å². The molecule has 8 heteroatoms. The van der Waals surface area contributed by atoms with Crippen molar-refractivity contribution < 1.29 is 28.6 Å². The van der Waals surface area contributed by atoms with Crippen molar-refractivity contribution in [3.8, 4) is 11.5 Å². The number of benzene rings is 2. The highest BCUT2D eigenvalue weighted by Gasteiger charge is 2.37. The van der Waals surface area contributed by atoms with Crippen molar-refractivity contribution >= 4 is 12.0 Å². The first-order valence-corrected chi connectivity index (χ1v) is 10.1. The number of urea groups is 1. The van der Waals surface area contributed by atoms with Gasteiger partial charge in [0.2, 0.25) is 5.60 Å². The van der Waals surface area contributed by atoms with E-state index in [9.17, 15) is 19.1 Å². The molecule has 1 aliphatic heterocycles. The highest BCUT2D eigenvalue weighted by molar-refractivity contribution is 5.78. The molecule has 3 rings (SSSR count). The van der Waals surface area contributed by atoms with Crippen LogP contribution in [0, 0.1) is 5.82 Å². The third kappa shape index (κ3) is 5.25. The molecule has 0 bridgehead atoms. The van der Waals surface area contributed by atoms with E-state index >= 15 is 0 Å². The zero-order chi connectivity index (χ0) is 22.6. The fraction of sp³-hybridized carbons (Fsp3) is 0.391. The van der Waals surface area contributed by atoms with Crippen LogP contribution in [0.15, 0.2) is 48.5 Å². The molecule has 2 atom stereocenters. The van der Waals surface area contributed by atoms with Gasteiger partial charge in [0.25, 0.3) is 0 Å². The maximum Gasteiger partial charge on any atom is 0.348 e. The molecule has 2 aromatic rings. The first kappa shape index (κ1) is 22.4. The molecule has 0 saturated carbocycles. The molecule has 2 amide bonds. The molecule has 166 valence electrons. The van der Waals surface area contributed by atoms with Gasteiger partial charge in [-0.1, -0.05) is 24.3 Å². The molecule has 1 heterocycles. The van der Waals surface area contributed by atoms with E-state index in [1.165, 1.54) is 25.1 Å². The number of carbonyl (C=O) groups excluding carboxylic acids is 1. The molecule has 2 aromatic carbocycles. The second-order valence-electron chi connectivity index (χ2n) is 7.95. The molecular formula is C23H27FN2O5. The van der Waals surface area contributed by atoms with E-state index in [1.54, 1.807) is 54.2 Å². The maximum absolute atomic E-state index is 13.9. The molecule has 0 radical (unpaired) electrons. The smallest absolute Gasteiger partial charge is 0.348 e. The predicted molar refractivity (Wildman–Crippen MR) is 113 cm³/mol. The fourth-order valence-corrected chi connectivity index (χ4v) is 3.56.